The van der Waals surface area contributed by atoms with Crippen molar-refractivity contribution in [3.05, 3.63) is 29.6 Å². The number of hydrogen-bond donors (Lipinski definition) is 1. The molecule has 1 saturated heterocycles. The van der Waals surface area contributed by atoms with Crippen LogP contribution in [-0.2, 0) is 0 Å². The number of nitrogens with one attached hydrogen (secondary N) is 1. The minimum atomic E-state index is -0.0698. The van der Waals surface area contributed by atoms with Gasteiger partial charge in [0.1, 0.15) is 5.82 Å². The van der Waals surface area contributed by atoms with Gasteiger partial charge in [0.2, 0.25) is 0 Å². The van der Waals surface area contributed by atoms with E-state index < -0.39 is 0 Å². The number of H-pyrrole nitrogens is 1. The largest absolute Gasteiger partial charge is 0.467 e. The van der Waals surface area contributed by atoms with Crippen molar-refractivity contribution in [2.75, 3.05) is 20.2 Å². The Hall–Kier alpha value is -2.51. The molecule has 0 bridgehead atoms. The van der Waals surface area contributed by atoms with Gasteiger partial charge in [-0.25, -0.2) is 15.0 Å². The van der Waals surface area contributed by atoms with Crippen molar-refractivity contribution in [2.45, 2.75) is 25.7 Å². The van der Waals surface area contributed by atoms with E-state index in [4.69, 9.17) is 4.74 Å². The number of amides is 1. The first-order valence-corrected chi connectivity index (χ1v) is 7.21. The van der Waals surface area contributed by atoms with Crippen molar-refractivity contribution in [3.63, 3.8) is 0 Å². The maximum Gasteiger partial charge on any atom is 0.316 e. The molecule has 3 heterocycles. The standard InChI is InChI=1S/C14H18N6O2/c1-9-17-12(19-18-9)10-4-3-5-20(8-10)13(21)11-6-15-14(22-2)16-7-11/h6-7,10H,3-5,8H2,1-2H3,(H,17,18,19)/t10-/m0/s1. The van der Waals surface area contributed by atoms with Gasteiger partial charge in [-0.1, -0.05) is 0 Å². The summed E-state index contributed by atoms with van der Waals surface area (Å²) >= 11 is 0. The lowest BCUT2D eigenvalue weighted by atomic mass is 9.97. The molecule has 0 aliphatic carbocycles. The molecule has 0 spiro atoms. The number of carbonyl (C=O) groups is 1. The van der Waals surface area contributed by atoms with Gasteiger partial charge in [0, 0.05) is 31.4 Å². The summed E-state index contributed by atoms with van der Waals surface area (Å²) in [6, 6.07) is 0.254. The third-order valence-electron chi connectivity index (χ3n) is 3.75. The van der Waals surface area contributed by atoms with Gasteiger partial charge in [-0.15, -0.1) is 0 Å². The topological polar surface area (TPSA) is 96.9 Å². The summed E-state index contributed by atoms with van der Waals surface area (Å²) in [4.78, 5) is 26.7. The maximum atomic E-state index is 12.5. The molecular formula is C14H18N6O2. The summed E-state index contributed by atoms with van der Waals surface area (Å²) in [5, 5.41) is 7.07. The van der Waals surface area contributed by atoms with Crippen molar-refractivity contribution < 1.29 is 9.53 Å². The van der Waals surface area contributed by atoms with E-state index in [1.54, 1.807) is 0 Å². The van der Waals surface area contributed by atoms with Gasteiger partial charge in [0.05, 0.1) is 12.7 Å². The number of methoxy groups -OCH3 is 1. The predicted octanol–water partition coefficient (Wildman–Crippen LogP) is 0.932. The number of nitrogens with zero attached hydrogens (tertiary/aromatic N) is 5. The van der Waals surface area contributed by atoms with E-state index >= 15 is 0 Å². The second-order valence-electron chi connectivity index (χ2n) is 5.33. The molecule has 8 heteroatoms. The Kier molecular flexibility index (Phi) is 3.99. The number of aryl methyl sites for hydroxylation is 1. The van der Waals surface area contributed by atoms with Gasteiger partial charge >= 0.3 is 6.01 Å². The summed E-state index contributed by atoms with van der Waals surface area (Å²) in [6.45, 7) is 3.21. The fraction of sp³-hybridized carbons (Fsp3) is 0.500. The van der Waals surface area contributed by atoms with Crippen LogP contribution in [0, 0.1) is 6.92 Å². The highest BCUT2D eigenvalue weighted by Gasteiger charge is 2.28. The third kappa shape index (κ3) is 2.90. The van der Waals surface area contributed by atoms with Crippen LogP contribution in [0.4, 0.5) is 0 Å². The second kappa shape index (κ2) is 6.08. The zero-order valence-corrected chi connectivity index (χ0v) is 12.6. The molecule has 116 valence electrons. The highest BCUT2D eigenvalue weighted by molar-refractivity contribution is 5.93. The van der Waals surface area contributed by atoms with E-state index in [9.17, 15) is 4.79 Å². The van der Waals surface area contributed by atoms with Crippen LogP contribution >= 0.6 is 0 Å². The smallest absolute Gasteiger partial charge is 0.316 e. The van der Waals surface area contributed by atoms with Gasteiger partial charge < -0.3 is 9.64 Å². The number of carbonyl (C=O) groups excluding carboxylic acids is 1. The quantitative estimate of drug-likeness (QED) is 0.906. The monoisotopic (exact) mass is 302 g/mol. The molecule has 2 aromatic heterocycles. The Labute approximate surface area is 127 Å². The minimum Gasteiger partial charge on any atom is -0.467 e. The molecule has 1 amide bonds. The summed E-state index contributed by atoms with van der Waals surface area (Å²) in [5.74, 6) is 1.67. The van der Waals surface area contributed by atoms with Crippen LogP contribution in [0.1, 0.15) is 40.8 Å². The van der Waals surface area contributed by atoms with E-state index in [1.807, 2.05) is 11.8 Å². The molecule has 0 unspecified atom stereocenters. The van der Waals surface area contributed by atoms with Gasteiger partial charge in [0.25, 0.3) is 5.91 Å². The average molecular weight is 302 g/mol. The molecule has 0 saturated carbocycles. The van der Waals surface area contributed by atoms with Gasteiger partial charge in [-0.05, 0) is 19.8 Å². The Morgan fingerprint density at radius 1 is 1.41 bits per heavy atom. The lowest BCUT2D eigenvalue weighted by Gasteiger charge is -2.31. The highest BCUT2D eigenvalue weighted by atomic mass is 16.5. The summed E-state index contributed by atoms with van der Waals surface area (Å²) < 4.78 is 4.90. The van der Waals surface area contributed by atoms with Crippen LogP contribution in [0.5, 0.6) is 6.01 Å². The molecule has 1 fully saturated rings. The van der Waals surface area contributed by atoms with Crippen molar-refractivity contribution in [1.82, 2.24) is 30.0 Å². The first-order valence-electron chi connectivity index (χ1n) is 7.21. The molecule has 1 atom stereocenters. The Morgan fingerprint density at radius 3 is 2.82 bits per heavy atom. The molecule has 0 aromatic carbocycles. The number of rotatable bonds is 3. The van der Waals surface area contributed by atoms with Crippen molar-refractivity contribution in [1.29, 1.82) is 0 Å². The van der Waals surface area contributed by atoms with E-state index in [0.717, 1.165) is 31.0 Å². The molecule has 1 aliphatic rings. The predicted molar refractivity (Wildman–Crippen MR) is 77.6 cm³/mol. The third-order valence-corrected chi connectivity index (χ3v) is 3.75. The minimum absolute atomic E-state index is 0.0698. The Morgan fingerprint density at radius 2 is 2.18 bits per heavy atom. The molecule has 1 aliphatic heterocycles. The number of hydrogen-bond acceptors (Lipinski definition) is 6. The fourth-order valence-electron chi connectivity index (χ4n) is 2.63. The van der Waals surface area contributed by atoms with Crippen molar-refractivity contribution >= 4 is 5.91 Å². The van der Waals surface area contributed by atoms with Gasteiger partial charge in [-0.3, -0.25) is 9.89 Å². The van der Waals surface area contributed by atoms with Crippen LogP contribution in [0.25, 0.3) is 0 Å². The van der Waals surface area contributed by atoms with Crippen LogP contribution in [0.15, 0.2) is 12.4 Å². The lowest BCUT2D eigenvalue weighted by Crippen LogP contribution is -2.39. The number of aromatic amines is 1. The fourth-order valence-corrected chi connectivity index (χ4v) is 2.63. The van der Waals surface area contributed by atoms with Crippen molar-refractivity contribution in [2.24, 2.45) is 0 Å². The SMILES string of the molecule is COc1ncc(C(=O)N2CCC[C@H](c3n[nH]c(C)n3)C2)cn1. The van der Waals surface area contributed by atoms with E-state index in [0.29, 0.717) is 12.1 Å². The number of ether oxygens (including phenoxy) is 1. The molecule has 3 rings (SSSR count). The summed E-state index contributed by atoms with van der Waals surface area (Å²) in [6.07, 6.45) is 4.91. The molecule has 2 aromatic rings. The first kappa shape index (κ1) is 14.4. The average Bonchev–Trinajstić information content (AvgIpc) is 3.01. The Bertz CT molecular complexity index is 654. The molecule has 22 heavy (non-hydrogen) atoms. The second-order valence-corrected chi connectivity index (χ2v) is 5.33. The van der Waals surface area contributed by atoms with Crippen LogP contribution in [-0.4, -0.2) is 56.2 Å². The van der Waals surface area contributed by atoms with Crippen LogP contribution in [0.2, 0.25) is 0 Å². The van der Waals surface area contributed by atoms with Crippen molar-refractivity contribution in [3.8, 4) is 6.01 Å². The van der Waals surface area contributed by atoms with Crippen LogP contribution in [0.3, 0.4) is 0 Å². The molecule has 0 radical (unpaired) electrons. The number of aromatic nitrogens is 5. The zero-order chi connectivity index (χ0) is 15.5. The summed E-state index contributed by atoms with van der Waals surface area (Å²) in [7, 11) is 1.49. The van der Waals surface area contributed by atoms with E-state index in [-0.39, 0.29) is 17.8 Å². The normalized spacial score (nSPS) is 18.3. The van der Waals surface area contributed by atoms with Gasteiger partial charge in [-0.2, -0.15) is 5.10 Å². The van der Waals surface area contributed by atoms with Crippen LogP contribution < -0.4 is 4.74 Å². The first-order chi connectivity index (χ1) is 10.7. The van der Waals surface area contributed by atoms with E-state index in [1.165, 1.54) is 19.5 Å². The number of likely N-dealkylation sites (tertiary alicyclic amines) is 1. The lowest BCUT2D eigenvalue weighted by molar-refractivity contribution is 0.0703. The highest BCUT2D eigenvalue weighted by Crippen LogP contribution is 2.25. The maximum absolute atomic E-state index is 12.5. The van der Waals surface area contributed by atoms with E-state index in [2.05, 4.69) is 25.1 Å². The molecule has 1 N–H and O–H groups in total. The summed E-state index contributed by atoms with van der Waals surface area (Å²) in [5.41, 5.74) is 0.465. The van der Waals surface area contributed by atoms with Gasteiger partial charge in [0.15, 0.2) is 5.82 Å². The zero-order valence-electron chi connectivity index (χ0n) is 12.6. The number of piperidine rings is 1. The molecule has 8 nitrogen and oxygen atoms in total. The Balaban J connectivity index is 1.71. The molecular weight excluding hydrogens is 284 g/mol.